The van der Waals surface area contributed by atoms with Crippen LogP contribution in [0.3, 0.4) is 0 Å². The van der Waals surface area contributed by atoms with Crippen molar-refractivity contribution < 1.29 is 9.53 Å². The molecule has 0 bridgehead atoms. The molecular weight excluding hydrogens is 256 g/mol. The Bertz CT molecular complexity index is 362. The lowest BCUT2D eigenvalue weighted by Crippen LogP contribution is -2.45. The molecule has 0 saturated carbocycles. The van der Waals surface area contributed by atoms with Gasteiger partial charge in [-0.25, -0.2) is 4.79 Å². The third-order valence-corrected chi connectivity index (χ3v) is 4.84. The van der Waals surface area contributed by atoms with Crippen LogP contribution in [-0.2, 0) is 4.74 Å². The van der Waals surface area contributed by atoms with Gasteiger partial charge in [-0.2, -0.15) is 11.8 Å². The number of anilines is 1. The fourth-order valence-corrected chi connectivity index (χ4v) is 3.72. The van der Waals surface area contributed by atoms with Gasteiger partial charge < -0.3 is 10.1 Å². The van der Waals surface area contributed by atoms with Crippen LogP contribution >= 0.6 is 23.1 Å². The number of hydrogen-bond donors (Lipinski definition) is 2. The van der Waals surface area contributed by atoms with E-state index in [1.54, 1.807) is 7.11 Å². The van der Waals surface area contributed by atoms with E-state index in [0.29, 0.717) is 6.54 Å². The number of thioether (sulfide) groups is 1. The number of carbonyl (C=O) groups excluding carboxylic acids is 1. The summed E-state index contributed by atoms with van der Waals surface area (Å²) in [4.78, 5) is 11.6. The van der Waals surface area contributed by atoms with Crippen LogP contribution in [0.2, 0.25) is 0 Å². The summed E-state index contributed by atoms with van der Waals surface area (Å²) in [5, 5.41) is 8.45. The molecule has 1 aromatic heterocycles. The van der Waals surface area contributed by atoms with Gasteiger partial charge in [0.1, 0.15) is 0 Å². The quantitative estimate of drug-likeness (QED) is 0.885. The normalized spacial score (nSPS) is 23.6. The Hall–Kier alpha value is -0.720. The van der Waals surface area contributed by atoms with E-state index in [1.165, 1.54) is 11.3 Å². The third-order valence-electron chi connectivity index (χ3n) is 2.83. The predicted molar refractivity (Wildman–Crippen MR) is 73.0 cm³/mol. The van der Waals surface area contributed by atoms with Crippen LogP contribution in [0.4, 0.5) is 9.80 Å². The number of ether oxygens (including phenoxy) is 1. The molecule has 2 N–H and O–H groups in total. The molecule has 0 aliphatic carbocycles. The number of methoxy groups -OCH3 is 1. The fourth-order valence-electron chi connectivity index (χ4n) is 1.71. The maximum atomic E-state index is 11.6. The van der Waals surface area contributed by atoms with Crippen molar-refractivity contribution in [3.8, 4) is 0 Å². The maximum absolute atomic E-state index is 11.6. The van der Waals surface area contributed by atoms with E-state index in [1.807, 2.05) is 29.3 Å². The number of hydrogen-bond acceptors (Lipinski definition) is 4. The second-order valence-corrected chi connectivity index (χ2v) is 6.03. The van der Waals surface area contributed by atoms with Gasteiger partial charge in [0, 0.05) is 19.4 Å². The second kappa shape index (κ2) is 5.75. The van der Waals surface area contributed by atoms with Crippen molar-refractivity contribution in [2.75, 3.05) is 30.5 Å². The van der Waals surface area contributed by atoms with Crippen LogP contribution in [-0.4, -0.2) is 36.8 Å². The number of urea groups is 1. The topological polar surface area (TPSA) is 50.4 Å². The molecule has 1 unspecified atom stereocenters. The van der Waals surface area contributed by atoms with E-state index in [2.05, 4.69) is 10.6 Å². The van der Waals surface area contributed by atoms with Gasteiger partial charge in [-0.05, 0) is 29.7 Å². The molecule has 0 radical (unpaired) electrons. The van der Waals surface area contributed by atoms with Gasteiger partial charge in [0.05, 0.1) is 10.6 Å². The smallest absolute Gasteiger partial charge is 0.319 e. The molecule has 2 rings (SSSR count). The summed E-state index contributed by atoms with van der Waals surface area (Å²) in [5.74, 6) is 2.05. The van der Waals surface area contributed by atoms with Crippen molar-refractivity contribution >= 4 is 34.1 Å². The van der Waals surface area contributed by atoms with Gasteiger partial charge >= 0.3 is 6.03 Å². The first-order chi connectivity index (χ1) is 8.24. The van der Waals surface area contributed by atoms with Gasteiger partial charge in [0.25, 0.3) is 0 Å². The van der Waals surface area contributed by atoms with Crippen molar-refractivity contribution in [2.45, 2.75) is 12.0 Å². The Morgan fingerprint density at radius 1 is 1.65 bits per heavy atom. The Labute approximate surface area is 109 Å². The molecule has 1 atom stereocenters. The van der Waals surface area contributed by atoms with Crippen LogP contribution in [0, 0.1) is 0 Å². The Morgan fingerprint density at radius 2 is 2.53 bits per heavy atom. The van der Waals surface area contributed by atoms with Crippen LogP contribution in [0.1, 0.15) is 6.42 Å². The lowest BCUT2D eigenvalue weighted by atomic mass is 10.0. The number of amides is 2. The van der Waals surface area contributed by atoms with Crippen LogP contribution in [0.25, 0.3) is 0 Å². The highest BCUT2D eigenvalue weighted by molar-refractivity contribution is 7.99. The number of nitrogens with one attached hydrogen (secondary N) is 2. The van der Waals surface area contributed by atoms with Gasteiger partial charge in [-0.15, -0.1) is 11.3 Å². The average Bonchev–Trinajstić information content (AvgIpc) is 2.98. The van der Waals surface area contributed by atoms with E-state index < -0.39 is 0 Å². The Kier molecular flexibility index (Phi) is 4.31. The first-order valence-corrected chi connectivity index (χ1v) is 7.49. The number of rotatable bonds is 4. The summed E-state index contributed by atoms with van der Waals surface area (Å²) < 4.78 is 5.52. The largest absolute Gasteiger partial charge is 0.376 e. The van der Waals surface area contributed by atoms with Gasteiger partial charge in [-0.3, -0.25) is 5.32 Å². The first-order valence-electron chi connectivity index (χ1n) is 5.45. The highest BCUT2D eigenvalue weighted by Crippen LogP contribution is 2.30. The lowest BCUT2D eigenvalue weighted by Gasteiger charge is -2.26. The van der Waals surface area contributed by atoms with Crippen molar-refractivity contribution in [1.82, 2.24) is 5.32 Å². The highest BCUT2D eigenvalue weighted by atomic mass is 32.2. The van der Waals surface area contributed by atoms with Crippen LogP contribution < -0.4 is 10.6 Å². The van der Waals surface area contributed by atoms with Gasteiger partial charge in [0.2, 0.25) is 0 Å². The summed E-state index contributed by atoms with van der Waals surface area (Å²) >= 11 is 3.37. The molecule has 2 heterocycles. The SMILES string of the molecule is COC1(CNC(=O)Nc2cccs2)CCSC1. The molecule has 2 amide bonds. The lowest BCUT2D eigenvalue weighted by molar-refractivity contribution is 0.0161. The average molecular weight is 272 g/mol. The molecule has 17 heavy (non-hydrogen) atoms. The summed E-state index contributed by atoms with van der Waals surface area (Å²) in [5.41, 5.74) is -0.183. The van der Waals surface area contributed by atoms with Crippen LogP contribution in [0.5, 0.6) is 0 Å². The van der Waals surface area contributed by atoms with Gasteiger partial charge in [-0.1, -0.05) is 0 Å². The van der Waals surface area contributed by atoms with Gasteiger partial charge in [0.15, 0.2) is 0 Å². The molecule has 94 valence electrons. The monoisotopic (exact) mass is 272 g/mol. The first kappa shape index (κ1) is 12.7. The molecule has 4 nitrogen and oxygen atoms in total. The minimum absolute atomic E-state index is 0.166. The molecule has 1 fully saturated rings. The highest BCUT2D eigenvalue weighted by Gasteiger charge is 2.34. The van der Waals surface area contributed by atoms with E-state index in [0.717, 1.165) is 22.9 Å². The van der Waals surface area contributed by atoms with E-state index in [4.69, 9.17) is 4.74 Å². The standard InChI is InChI=1S/C11H16N2O2S2/c1-15-11(4-6-16-8-11)7-12-10(14)13-9-3-2-5-17-9/h2-3,5H,4,6-8H2,1H3,(H2,12,13,14). The van der Waals surface area contributed by atoms with E-state index >= 15 is 0 Å². The summed E-state index contributed by atoms with van der Waals surface area (Å²) in [6, 6.07) is 3.62. The number of thiophene rings is 1. The summed E-state index contributed by atoms with van der Waals surface area (Å²) in [6.45, 7) is 0.563. The molecule has 1 aliphatic rings. The minimum atomic E-state index is -0.183. The summed E-state index contributed by atoms with van der Waals surface area (Å²) in [6.07, 6.45) is 0.994. The van der Waals surface area contributed by atoms with E-state index in [-0.39, 0.29) is 11.6 Å². The third kappa shape index (κ3) is 3.37. The molecule has 1 aliphatic heterocycles. The number of carbonyl (C=O) groups is 1. The molecular formula is C11H16N2O2S2. The van der Waals surface area contributed by atoms with Crippen LogP contribution in [0.15, 0.2) is 17.5 Å². The zero-order valence-corrected chi connectivity index (χ0v) is 11.3. The molecule has 1 aromatic rings. The van der Waals surface area contributed by atoms with Crippen molar-refractivity contribution in [1.29, 1.82) is 0 Å². The van der Waals surface area contributed by atoms with Crippen molar-refractivity contribution in [3.05, 3.63) is 17.5 Å². The molecule has 6 heteroatoms. The maximum Gasteiger partial charge on any atom is 0.319 e. The molecule has 0 aromatic carbocycles. The summed E-state index contributed by atoms with van der Waals surface area (Å²) in [7, 11) is 1.71. The van der Waals surface area contributed by atoms with Crippen molar-refractivity contribution in [2.24, 2.45) is 0 Å². The zero-order chi connectivity index (χ0) is 12.1. The second-order valence-electron chi connectivity index (χ2n) is 3.97. The predicted octanol–water partition coefficient (Wildman–Crippen LogP) is 2.39. The molecule has 0 spiro atoms. The van der Waals surface area contributed by atoms with E-state index in [9.17, 15) is 4.79 Å². The molecule has 1 saturated heterocycles. The zero-order valence-electron chi connectivity index (χ0n) is 9.69. The minimum Gasteiger partial charge on any atom is -0.376 e. The van der Waals surface area contributed by atoms with Crippen molar-refractivity contribution in [3.63, 3.8) is 0 Å². The Morgan fingerprint density at radius 3 is 3.12 bits per heavy atom. The Balaban J connectivity index is 1.79. The fraction of sp³-hybridized carbons (Fsp3) is 0.545.